The summed E-state index contributed by atoms with van der Waals surface area (Å²) < 4.78 is 106. The van der Waals surface area contributed by atoms with Crippen LogP contribution in [0.5, 0.6) is 11.5 Å². The lowest BCUT2D eigenvalue weighted by Gasteiger charge is -2.14. The van der Waals surface area contributed by atoms with Crippen molar-refractivity contribution < 1.29 is 43.6 Å². The maximum Gasteiger partial charge on any atom is 0.298 e. The highest BCUT2D eigenvalue weighted by atomic mass is 32.2. The van der Waals surface area contributed by atoms with Crippen LogP contribution in [0, 0.1) is 0 Å². The molecule has 0 aliphatic heterocycles. The topological polar surface area (TPSA) is 250 Å². The van der Waals surface area contributed by atoms with Crippen molar-refractivity contribution in [3.05, 3.63) is 103 Å². The minimum absolute atomic E-state index is 0.0566. The molecule has 1 heterocycles. The van der Waals surface area contributed by atoms with E-state index >= 15 is 0 Å². The van der Waals surface area contributed by atoms with E-state index < -0.39 is 50.8 Å². The van der Waals surface area contributed by atoms with Gasteiger partial charge in [-0.3, -0.25) is 13.7 Å². The van der Waals surface area contributed by atoms with Gasteiger partial charge in [-0.25, -0.2) is 9.97 Å². The Kier molecular flexibility index (Phi) is 9.03. The normalized spacial score (nSPS) is 12.2. The van der Waals surface area contributed by atoms with E-state index in [4.69, 9.17) is 26.2 Å². The molecule has 0 unspecified atom stereocenters. The second-order valence-corrected chi connectivity index (χ2v) is 16.0. The molecule has 0 atom stereocenters. The monoisotopic (exact) mass is 752 g/mol. The molecule has 0 bridgehead atoms. The van der Waals surface area contributed by atoms with Crippen LogP contribution >= 0.6 is 11.8 Å². The number of aromatic nitrogens is 2. The van der Waals surface area contributed by atoms with E-state index in [1.54, 1.807) is 42.5 Å². The standard InChI is InChI=1S/C32H24N4O10S4/c33-20-5-1-18(2-6-20)31-32(19-3-7-21(34)8-4-19)36-26-16-23(10-12-25(26)35-31)47-28-14-9-22(15-30(28)50(43,44)45)46-27-13-11-24(48(37,38)39)17-29(27)49(40,41)42/h1-17H,33-34H2,(H,37,38,39)(H,40,41,42)(H,43,44,45). The molecular weight excluding hydrogens is 729 g/mol. The number of anilines is 2. The van der Waals surface area contributed by atoms with Gasteiger partial charge in [0, 0.05) is 38.4 Å². The average molecular weight is 753 g/mol. The molecule has 0 saturated carbocycles. The molecule has 5 aromatic carbocycles. The minimum atomic E-state index is -5.08. The summed E-state index contributed by atoms with van der Waals surface area (Å²) in [6.45, 7) is 0. The Morgan fingerprint density at radius 2 is 1.12 bits per heavy atom. The van der Waals surface area contributed by atoms with E-state index in [1.165, 1.54) is 12.1 Å². The Bertz CT molecular complexity index is 2640. The van der Waals surface area contributed by atoms with E-state index in [9.17, 15) is 38.9 Å². The molecule has 0 aliphatic rings. The van der Waals surface area contributed by atoms with Crippen molar-refractivity contribution in [1.29, 1.82) is 0 Å². The highest BCUT2D eigenvalue weighted by molar-refractivity contribution is 8.00. The molecule has 14 nitrogen and oxygen atoms in total. The molecule has 256 valence electrons. The highest BCUT2D eigenvalue weighted by Gasteiger charge is 2.24. The number of nitrogen functional groups attached to an aromatic ring is 2. The first-order chi connectivity index (χ1) is 23.5. The lowest BCUT2D eigenvalue weighted by Crippen LogP contribution is -2.06. The molecule has 7 N–H and O–H groups in total. The molecule has 0 saturated heterocycles. The Morgan fingerprint density at radius 3 is 1.66 bits per heavy atom. The summed E-state index contributed by atoms with van der Waals surface area (Å²) in [6.07, 6.45) is 0. The summed E-state index contributed by atoms with van der Waals surface area (Å²) in [5, 5.41) is 0. The van der Waals surface area contributed by atoms with Crippen molar-refractivity contribution >= 4 is 64.5 Å². The molecule has 18 heteroatoms. The van der Waals surface area contributed by atoms with Crippen LogP contribution in [0.1, 0.15) is 0 Å². The number of ether oxygens (including phenoxy) is 1. The van der Waals surface area contributed by atoms with Gasteiger partial charge in [-0.15, -0.1) is 0 Å². The molecular formula is C32H24N4O10S4. The van der Waals surface area contributed by atoms with Gasteiger partial charge in [-0.05, 0) is 72.8 Å². The second-order valence-electron chi connectivity index (χ2n) is 10.7. The van der Waals surface area contributed by atoms with Crippen LogP contribution in [0.3, 0.4) is 0 Å². The number of hydrogen-bond acceptors (Lipinski definition) is 12. The zero-order valence-electron chi connectivity index (χ0n) is 25.2. The predicted molar refractivity (Wildman–Crippen MR) is 186 cm³/mol. The fraction of sp³-hybridized carbons (Fsp3) is 0. The van der Waals surface area contributed by atoms with Gasteiger partial charge >= 0.3 is 0 Å². The summed E-state index contributed by atoms with van der Waals surface area (Å²) in [4.78, 5) is 7.88. The van der Waals surface area contributed by atoms with Crippen LogP contribution in [-0.2, 0) is 30.4 Å². The van der Waals surface area contributed by atoms with Gasteiger partial charge < -0.3 is 16.2 Å². The highest BCUT2D eigenvalue weighted by Crippen LogP contribution is 2.39. The molecule has 0 aliphatic carbocycles. The minimum Gasteiger partial charge on any atom is -0.456 e. The summed E-state index contributed by atoms with van der Waals surface area (Å²) in [5.41, 5.74) is 16.6. The number of nitrogens with two attached hydrogens (primary N) is 2. The zero-order chi connectivity index (χ0) is 36.0. The van der Waals surface area contributed by atoms with Crippen molar-refractivity contribution in [2.45, 2.75) is 24.5 Å². The number of nitrogens with zero attached hydrogens (tertiary/aromatic N) is 2. The molecule has 50 heavy (non-hydrogen) atoms. The van der Waals surface area contributed by atoms with Crippen molar-refractivity contribution in [3.8, 4) is 34.0 Å². The third kappa shape index (κ3) is 7.55. The Morgan fingerprint density at radius 1 is 0.560 bits per heavy atom. The maximum atomic E-state index is 12.5. The van der Waals surface area contributed by atoms with Crippen LogP contribution in [0.25, 0.3) is 33.5 Å². The summed E-state index contributed by atoms with van der Waals surface area (Å²) in [7, 11) is -14.8. The quantitative estimate of drug-likeness (QED) is 0.0863. The summed E-state index contributed by atoms with van der Waals surface area (Å²) in [6, 6.07) is 25.0. The van der Waals surface area contributed by atoms with E-state index in [-0.39, 0.29) is 10.6 Å². The van der Waals surface area contributed by atoms with Crippen LogP contribution in [0.2, 0.25) is 0 Å². The summed E-state index contributed by atoms with van der Waals surface area (Å²) >= 11 is 0.966. The first-order valence-electron chi connectivity index (χ1n) is 14.1. The lowest BCUT2D eigenvalue weighted by molar-refractivity contribution is 0.444. The van der Waals surface area contributed by atoms with Gasteiger partial charge in [-0.2, -0.15) is 25.3 Å². The van der Waals surface area contributed by atoms with E-state index in [2.05, 4.69) is 0 Å². The molecule has 0 amide bonds. The second kappa shape index (κ2) is 13.0. The molecule has 6 aromatic rings. The van der Waals surface area contributed by atoms with Crippen LogP contribution in [0.15, 0.2) is 128 Å². The fourth-order valence-corrected chi connectivity index (χ4v) is 7.91. The van der Waals surface area contributed by atoms with Crippen molar-refractivity contribution in [2.75, 3.05) is 11.5 Å². The Hall–Kier alpha value is -5.08. The van der Waals surface area contributed by atoms with Crippen molar-refractivity contribution in [3.63, 3.8) is 0 Å². The lowest BCUT2D eigenvalue weighted by atomic mass is 10.0. The third-order valence-corrected chi connectivity index (χ3v) is 11.0. The van der Waals surface area contributed by atoms with E-state index in [0.29, 0.717) is 44.8 Å². The van der Waals surface area contributed by atoms with E-state index in [1.807, 2.05) is 24.3 Å². The van der Waals surface area contributed by atoms with Crippen molar-refractivity contribution in [1.82, 2.24) is 9.97 Å². The number of hydrogen-bond donors (Lipinski definition) is 5. The van der Waals surface area contributed by atoms with Gasteiger partial charge in [-0.1, -0.05) is 36.0 Å². The number of benzene rings is 5. The maximum absolute atomic E-state index is 12.5. The Labute approximate surface area is 290 Å². The van der Waals surface area contributed by atoms with Crippen LogP contribution in [0.4, 0.5) is 11.4 Å². The fourth-order valence-electron chi connectivity index (χ4n) is 4.81. The van der Waals surface area contributed by atoms with Gasteiger partial charge in [0.15, 0.2) is 0 Å². The molecule has 0 spiro atoms. The SMILES string of the molecule is Nc1ccc(-c2nc3ccc(Sc4ccc(Oc5ccc(S(=O)(=O)O)cc5S(=O)(=O)O)cc4S(=O)(=O)O)cc3nc2-c2ccc(N)cc2)cc1. The molecule has 1 aromatic heterocycles. The summed E-state index contributed by atoms with van der Waals surface area (Å²) in [5.74, 6) is -0.885. The largest absolute Gasteiger partial charge is 0.456 e. The first kappa shape index (κ1) is 34.8. The first-order valence-corrected chi connectivity index (χ1v) is 19.2. The van der Waals surface area contributed by atoms with Gasteiger partial charge in [0.1, 0.15) is 21.3 Å². The Balaban J connectivity index is 1.39. The molecule has 0 radical (unpaired) electrons. The smallest absolute Gasteiger partial charge is 0.298 e. The molecule has 6 rings (SSSR count). The average Bonchev–Trinajstić information content (AvgIpc) is 3.04. The van der Waals surface area contributed by atoms with Crippen LogP contribution in [-0.4, -0.2) is 48.9 Å². The van der Waals surface area contributed by atoms with Gasteiger partial charge in [0.25, 0.3) is 30.4 Å². The third-order valence-electron chi connectivity index (χ3n) is 7.14. The van der Waals surface area contributed by atoms with E-state index in [0.717, 1.165) is 41.1 Å². The van der Waals surface area contributed by atoms with Crippen LogP contribution < -0.4 is 16.2 Å². The number of rotatable bonds is 9. The van der Waals surface area contributed by atoms with Gasteiger partial charge in [0.05, 0.1) is 27.3 Å². The zero-order valence-corrected chi connectivity index (χ0v) is 28.5. The molecule has 0 fully saturated rings. The van der Waals surface area contributed by atoms with Crippen molar-refractivity contribution in [2.24, 2.45) is 0 Å². The number of fused-ring (bicyclic) bond motifs is 1. The predicted octanol–water partition coefficient (Wildman–Crippen LogP) is 5.81. The van der Waals surface area contributed by atoms with Gasteiger partial charge in [0.2, 0.25) is 0 Å².